The van der Waals surface area contributed by atoms with E-state index in [4.69, 9.17) is 9.84 Å². The number of ether oxygens (including phenoxy) is 1. The molecule has 5 rings (SSSR count). The van der Waals surface area contributed by atoms with Crippen LogP contribution < -0.4 is 10.1 Å². The highest BCUT2D eigenvalue weighted by atomic mass is 35.5. The summed E-state index contributed by atoms with van der Waals surface area (Å²) in [5.41, 5.74) is 4.07. The van der Waals surface area contributed by atoms with Gasteiger partial charge in [0.1, 0.15) is 17.3 Å². The van der Waals surface area contributed by atoms with Crippen LogP contribution in [0.25, 0.3) is 22.6 Å². The number of benzene rings is 1. The molecular formula is C19H23Cl2N7O. The number of rotatable bonds is 5. The molecule has 0 radical (unpaired) electrons. The molecule has 2 N–H and O–H groups in total. The van der Waals surface area contributed by atoms with Crippen LogP contribution in [0.4, 0.5) is 0 Å². The third kappa shape index (κ3) is 4.10. The maximum absolute atomic E-state index is 5.28. The Morgan fingerprint density at radius 2 is 2.10 bits per heavy atom. The van der Waals surface area contributed by atoms with Crippen LogP contribution in [-0.2, 0) is 26.1 Å². The molecule has 0 atom stereocenters. The molecule has 4 heterocycles. The summed E-state index contributed by atoms with van der Waals surface area (Å²) in [6, 6.07) is 7.99. The van der Waals surface area contributed by atoms with E-state index >= 15 is 0 Å². The van der Waals surface area contributed by atoms with Crippen molar-refractivity contribution in [3.8, 4) is 17.3 Å². The van der Waals surface area contributed by atoms with Gasteiger partial charge in [-0.05, 0) is 18.2 Å². The SMILES string of the molecule is COc1ccc2nc(CCn3ccnc3-c3cc4n(n3)CCNC4)[nH]c2c1.Cl.Cl. The Bertz CT molecular complexity index is 1080. The van der Waals surface area contributed by atoms with E-state index in [2.05, 4.69) is 35.6 Å². The number of methoxy groups -OCH3 is 1. The summed E-state index contributed by atoms with van der Waals surface area (Å²) in [6.45, 7) is 3.50. The second-order valence-electron chi connectivity index (χ2n) is 6.68. The summed E-state index contributed by atoms with van der Waals surface area (Å²) in [5, 5.41) is 8.09. The Balaban J connectivity index is 0.00000120. The van der Waals surface area contributed by atoms with E-state index in [9.17, 15) is 0 Å². The molecule has 0 unspecified atom stereocenters. The Kier molecular flexibility index (Phi) is 6.46. The molecule has 1 aliphatic rings. The van der Waals surface area contributed by atoms with Gasteiger partial charge in [0.25, 0.3) is 0 Å². The lowest BCUT2D eigenvalue weighted by Crippen LogP contribution is -2.28. The number of aryl methyl sites for hydroxylation is 2. The van der Waals surface area contributed by atoms with Crippen LogP contribution in [-0.4, -0.2) is 43.0 Å². The monoisotopic (exact) mass is 435 g/mol. The van der Waals surface area contributed by atoms with Crippen molar-refractivity contribution in [2.24, 2.45) is 0 Å². The molecule has 0 amide bonds. The van der Waals surface area contributed by atoms with Crippen molar-refractivity contribution >= 4 is 35.8 Å². The van der Waals surface area contributed by atoms with Gasteiger partial charge in [-0.15, -0.1) is 24.8 Å². The first-order valence-corrected chi connectivity index (χ1v) is 9.12. The molecule has 0 bridgehead atoms. The Labute approximate surface area is 180 Å². The quantitative estimate of drug-likeness (QED) is 0.503. The molecule has 1 aliphatic heterocycles. The summed E-state index contributed by atoms with van der Waals surface area (Å²) < 4.78 is 9.48. The molecule has 1 aromatic carbocycles. The lowest BCUT2D eigenvalue weighted by Gasteiger charge is -2.13. The maximum atomic E-state index is 5.28. The molecule has 0 saturated carbocycles. The molecule has 8 nitrogen and oxygen atoms in total. The molecule has 4 aromatic rings. The summed E-state index contributed by atoms with van der Waals surface area (Å²) in [4.78, 5) is 12.6. The summed E-state index contributed by atoms with van der Waals surface area (Å²) >= 11 is 0. The van der Waals surface area contributed by atoms with Gasteiger partial charge in [-0.25, -0.2) is 9.97 Å². The minimum atomic E-state index is 0. The fourth-order valence-electron chi connectivity index (χ4n) is 3.54. The predicted octanol–water partition coefficient (Wildman–Crippen LogP) is 2.82. The predicted molar refractivity (Wildman–Crippen MR) is 116 cm³/mol. The number of hydrogen-bond donors (Lipinski definition) is 2. The van der Waals surface area contributed by atoms with E-state index in [1.54, 1.807) is 7.11 Å². The minimum Gasteiger partial charge on any atom is -0.497 e. The van der Waals surface area contributed by atoms with E-state index in [0.717, 1.165) is 66.7 Å². The van der Waals surface area contributed by atoms with Crippen molar-refractivity contribution in [3.63, 3.8) is 0 Å². The van der Waals surface area contributed by atoms with Crippen molar-refractivity contribution in [1.29, 1.82) is 0 Å². The van der Waals surface area contributed by atoms with Crippen molar-refractivity contribution in [2.45, 2.75) is 26.1 Å². The molecule has 10 heteroatoms. The van der Waals surface area contributed by atoms with Gasteiger partial charge in [0.15, 0.2) is 5.82 Å². The van der Waals surface area contributed by atoms with Crippen LogP contribution in [0.5, 0.6) is 5.75 Å². The zero-order valence-electron chi connectivity index (χ0n) is 16.0. The lowest BCUT2D eigenvalue weighted by atomic mass is 10.3. The van der Waals surface area contributed by atoms with Gasteiger partial charge in [-0.2, -0.15) is 5.10 Å². The smallest absolute Gasteiger partial charge is 0.160 e. The van der Waals surface area contributed by atoms with Crippen molar-refractivity contribution in [1.82, 2.24) is 34.6 Å². The number of aromatic nitrogens is 6. The first-order valence-electron chi connectivity index (χ1n) is 9.12. The number of nitrogens with zero attached hydrogens (tertiary/aromatic N) is 5. The number of H-pyrrole nitrogens is 1. The summed E-state index contributed by atoms with van der Waals surface area (Å²) in [7, 11) is 1.67. The number of aromatic amines is 1. The summed E-state index contributed by atoms with van der Waals surface area (Å²) in [5.74, 6) is 2.67. The highest BCUT2D eigenvalue weighted by Crippen LogP contribution is 2.21. The average Bonchev–Trinajstić information content (AvgIpc) is 3.41. The van der Waals surface area contributed by atoms with E-state index < -0.39 is 0 Å². The third-order valence-electron chi connectivity index (χ3n) is 4.94. The molecular weight excluding hydrogens is 413 g/mol. The molecule has 0 fully saturated rings. The average molecular weight is 436 g/mol. The number of halogens is 2. The van der Waals surface area contributed by atoms with E-state index in [1.807, 2.05) is 30.6 Å². The van der Waals surface area contributed by atoms with Crippen LogP contribution in [0.1, 0.15) is 11.5 Å². The Morgan fingerprint density at radius 3 is 2.93 bits per heavy atom. The number of hydrogen-bond acceptors (Lipinski definition) is 5. The zero-order valence-corrected chi connectivity index (χ0v) is 17.6. The highest BCUT2D eigenvalue weighted by Gasteiger charge is 2.16. The molecule has 29 heavy (non-hydrogen) atoms. The minimum absolute atomic E-state index is 0. The van der Waals surface area contributed by atoms with Gasteiger partial charge >= 0.3 is 0 Å². The van der Waals surface area contributed by atoms with Crippen LogP contribution in [0.3, 0.4) is 0 Å². The van der Waals surface area contributed by atoms with Crippen LogP contribution >= 0.6 is 24.8 Å². The van der Waals surface area contributed by atoms with Gasteiger partial charge in [0.2, 0.25) is 0 Å². The van der Waals surface area contributed by atoms with Crippen LogP contribution in [0.15, 0.2) is 36.7 Å². The molecule has 0 saturated heterocycles. The molecule has 0 spiro atoms. The van der Waals surface area contributed by atoms with Gasteiger partial charge in [-0.1, -0.05) is 0 Å². The van der Waals surface area contributed by atoms with Gasteiger partial charge in [0, 0.05) is 44.5 Å². The van der Waals surface area contributed by atoms with E-state index in [0.29, 0.717) is 0 Å². The fourth-order valence-corrected chi connectivity index (χ4v) is 3.54. The van der Waals surface area contributed by atoms with Gasteiger partial charge < -0.3 is 19.6 Å². The summed E-state index contributed by atoms with van der Waals surface area (Å²) in [6.07, 6.45) is 4.61. The molecule has 3 aromatic heterocycles. The zero-order chi connectivity index (χ0) is 18.2. The molecule has 154 valence electrons. The van der Waals surface area contributed by atoms with E-state index in [-0.39, 0.29) is 24.8 Å². The topological polar surface area (TPSA) is 85.6 Å². The number of nitrogens with one attached hydrogen (secondary N) is 2. The number of imidazole rings is 2. The Morgan fingerprint density at radius 1 is 1.21 bits per heavy atom. The second-order valence-corrected chi connectivity index (χ2v) is 6.68. The van der Waals surface area contributed by atoms with Gasteiger partial charge in [0.05, 0.1) is 30.4 Å². The van der Waals surface area contributed by atoms with Crippen molar-refractivity contribution in [2.75, 3.05) is 13.7 Å². The maximum Gasteiger partial charge on any atom is 0.160 e. The van der Waals surface area contributed by atoms with Crippen molar-refractivity contribution < 1.29 is 4.74 Å². The third-order valence-corrected chi connectivity index (χ3v) is 4.94. The van der Waals surface area contributed by atoms with E-state index in [1.165, 1.54) is 5.69 Å². The van der Waals surface area contributed by atoms with Gasteiger partial charge in [-0.3, -0.25) is 4.68 Å². The first kappa shape index (κ1) is 21.2. The second kappa shape index (κ2) is 8.86. The Hall–Kier alpha value is -2.55. The highest BCUT2D eigenvalue weighted by molar-refractivity contribution is 5.85. The standard InChI is InChI=1S/C19H21N7O.2ClH/c1-27-14-2-3-15-16(11-14)23-18(22-15)4-7-25-8-6-21-19(25)17-10-13-12-20-5-9-26(13)24-17;;/h2-3,6,8,10-11,20H,4-5,7,9,12H2,1H3,(H,22,23);2*1H. The van der Waals surface area contributed by atoms with Crippen molar-refractivity contribution in [3.05, 3.63) is 48.2 Å². The lowest BCUT2D eigenvalue weighted by molar-refractivity contribution is 0.415. The molecule has 0 aliphatic carbocycles. The number of fused-ring (bicyclic) bond motifs is 2. The van der Waals surface area contributed by atoms with Crippen LogP contribution in [0.2, 0.25) is 0 Å². The largest absolute Gasteiger partial charge is 0.497 e. The fraction of sp³-hybridized carbons (Fsp3) is 0.316. The first-order chi connectivity index (χ1) is 13.3. The van der Waals surface area contributed by atoms with Crippen LogP contribution in [0, 0.1) is 0 Å². The normalized spacial score (nSPS) is 12.9.